The Morgan fingerprint density at radius 1 is 1.09 bits per heavy atom. The lowest BCUT2D eigenvalue weighted by molar-refractivity contribution is -0.114. The molecule has 0 aliphatic carbocycles. The van der Waals surface area contributed by atoms with E-state index in [1.165, 1.54) is 26.2 Å². The van der Waals surface area contributed by atoms with Crippen LogP contribution < -0.4 is 15.4 Å². The quantitative estimate of drug-likeness (QED) is 0.905. The number of ether oxygens (including phenoxy) is 1. The Morgan fingerprint density at radius 2 is 1.77 bits per heavy atom. The van der Waals surface area contributed by atoms with Crippen molar-refractivity contribution in [3.05, 3.63) is 53.1 Å². The first-order chi connectivity index (χ1) is 10.5. The molecule has 0 saturated heterocycles. The molecular formula is C16H15ClN2O3. The minimum absolute atomic E-state index is 0.259. The average molecular weight is 319 g/mol. The van der Waals surface area contributed by atoms with E-state index in [-0.39, 0.29) is 22.4 Å². The van der Waals surface area contributed by atoms with Crippen molar-refractivity contribution >= 4 is 34.8 Å². The Hall–Kier alpha value is -2.53. The molecule has 0 radical (unpaired) electrons. The number of para-hydroxylation sites is 1. The van der Waals surface area contributed by atoms with E-state index in [1.54, 1.807) is 12.1 Å². The lowest BCUT2D eigenvalue weighted by Crippen LogP contribution is -2.14. The van der Waals surface area contributed by atoms with Crippen LogP contribution in [0, 0.1) is 0 Å². The van der Waals surface area contributed by atoms with E-state index in [0.29, 0.717) is 17.1 Å². The van der Waals surface area contributed by atoms with Gasteiger partial charge in [-0.25, -0.2) is 0 Å². The fraction of sp³-hybridized carbons (Fsp3) is 0.125. The maximum atomic E-state index is 12.3. The molecule has 6 heteroatoms. The van der Waals surface area contributed by atoms with Gasteiger partial charge in [0.2, 0.25) is 5.91 Å². The molecule has 0 saturated carbocycles. The van der Waals surface area contributed by atoms with Crippen LogP contribution in [0.15, 0.2) is 42.5 Å². The summed E-state index contributed by atoms with van der Waals surface area (Å²) in [4.78, 5) is 23.5. The summed E-state index contributed by atoms with van der Waals surface area (Å²) in [5.41, 5.74) is 1.34. The van der Waals surface area contributed by atoms with Gasteiger partial charge in [0, 0.05) is 18.7 Å². The Balaban J connectivity index is 2.32. The van der Waals surface area contributed by atoms with Crippen molar-refractivity contribution in [3.8, 4) is 5.75 Å². The molecule has 22 heavy (non-hydrogen) atoms. The maximum Gasteiger partial charge on any atom is 0.259 e. The summed E-state index contributed by atoms with van der Waals surface area (Å²) < 4.78 is 5.21. The van der Waals surface area contributed by atoms with Gasteiger partial charge in [0.25, 0.3) is 5.91 Å². The molecule has 0 atom stereocenters. The molecule has 114 valence electrons. The van der Waals surface area contributed by atoms with Crippen LogP contribution in [-0.4, -0.2) is 18.9 Å². The minimum atomic E-state index is -0.348. The third-order valence-corrected chi connectivity index (χ3v) is 3.19. The molecule has 2 aromatic carbocycles. The van der Waals surface area contributed by atoms with Gasteiger partial charge in [0.1, 0.15) is 5.75 Å². The monoisotopic (exact) mass is 318 g/mol. The zero-order valence-corrected chi connectivity index (χ0v) is 12.9. The molecule has 0 aliphatic rings. The lowest BCUT2D eigenvalue weighted by Gasteiger charge is -2.13. The Kier molecular flexibility index (Phi) is 5.01. The maximum absolute atomic E-state index is 12.3. The van der Waals surface area contributed by atoms with Crippen LogP contribution in [0.5, 0.6) is 5.75 Å². The number of carbonyl (C=O) groups excluding carboxylic acids is 2. The topological polar surface area (TPSA) is 67.4 Å². The molecule has 0 aromatic heterocycles. The number of anilines is 2. The fourth-order valence-corrected chi connectivity index (χ4v) is 2.12. The molecule has 0 unspecified atom stereocenters. The van der Waals surface area contributed by atoms with Gasteiger partial charge in [0.05, 0.1) is 23.4 Å². The van der Waals surface area contributed by atoms with Crippen LogP contribution in [0.2, 0.25) is 5.02 Å². The zero-order valence-electron chi connectivity index (χ0n) is 12.1. The number of methoxy groups -OCH3 is 1. The SMILES string of the molecule is COc1cc(NC(C)=O)c(Cl)cc1C(=O)Nc1ccccc1. The number of amides is 2. The van der Waals surface area contributed by atoms with Gasteiger partial charge in [-0.05, 0) is 18.2 Å². The molecule has 2 rings (SSSR count). The second-order valence-electron chi connectivity index (χ2n) is 4.53. The molecule has 0 spiro atoms. The molecule has 2 amide bonds. The van der Waals surface area contributed by atoms with Crippen LogP contribution in [-0.2, 0) is 4.79 Å². The smallest absolute Gasteiger partial charge is 0.259 e. The highest BCUT2D eigenvalue weighted by atomic mass is 35.5. The predicted octanol–water partition coefficient (Wildman–Crippen LogP) is 3.56. The van der Waals surface area contributed by atoms with Crippen molar-refractivity contribution < 1.29 is 14.3 Å². The number of carbonyl (C=O) groups is 2. The average Bonchev–Trinajstić information content (AvgIpc) is 2.49. The first kappa shape index (κ1) is 15.9. The normalized spacial score (nSPS) is 9.95. The number of benzene rings is 2. The van der Waals surface area contributed by atoms with Crippen LogP contribution in [0.1, 0.15) is 17.3 Å². The predicted molar refractivity (Wildman–Crippen MR) is 86.7 cm³/mol. The summed E-state index contributed by atoms with van der Waals surface area (Å²) in [6.07, 6.45) is 0. The summed E-state index contributed by atoms with van der Waals surface area (Å²) in [7, 11) is 1.44. The molecule has 5 nitrogen and oxygen atoms in total. The minimum Gasteiger partial charge on any atom is -0.496 e. The molecule has 0 fully saturated rings. The Labute approximate surface area is 133 Å². The van der Waals surface area contributed by atoms with Crippen molar-refractivity contribution in [3.63, 3.8) is 0 Å². The highest BCUT2D eigenvalue weighted by Crippen LogP contribution is 2.31. The standard InChI is InChI=1S/C16H15ClN2O3/c1-10(20)18-14-9-15(22-2)12(8-13(14)17)16(21)19-11-6-4-3-5-7-11/h3-9H,1-2H3,(H,18,20)(H,19,21). The van der Waals surface area contributed by atoms with E-state index in [2.05, 4.69) is 10.6 Å². The second kappa shape index (κ2) is 6.95. The van der Waals surface area contributed by atoms with Crippen LogP contribution in [0.3, 0.4) is 0 Å². The number of hydrogen-bond acceptors (Lipinski definition) is 3. The second-order valence-corrected chi connectivity index (χ2v) is 4.94. The van der Waals surface area contributed by atoms with Crippen molar-refractivity contribution in [2.75, 3.05) is 17.7 Å². The van der Waals surface area contributed by atoms with Gasteiger partial charge in [-0.2, -0.15) is 0 Å². The molecule has 0 heterocycles. The van der Waals surface area contributed by atoms with Crippen molar-refractivity contribution in [1.82, 2.24) is 0 Å². The number of rotatable bonds is 4. The Morgan fingerprint density at radius 3 is 2.36 bits per heavy atom. The largest absolute Gasteiger partial charge is 0.496 e. The molecule has 2 aromatic rings. The summed E-state index contributed by atoms with van der Waals surface area (Å²) in [6.45, 7) is 1.37. The van der Waals surface area contributed by atoms with Gasteiger partial charge in [-0.15, -0.1) is 0 Å². The van der Waals surface area contributed by atoms with Crippen LogP contribution >= 0.6 is 11.6 Å². The highest BCUT2D eigenvalue weighted by Gasteiger charge is 2.16. The van der Waals surface area contributed by atoms with E-state index in [9.17, 15) is 9.59 Å². The van der Waals surface area contributed by atoms with Crippen molar-refractivity contribution in [1.29, 1.82) is 0 Å². The first-order valence-corrected chi connectivity index (χ1v) is 6.90. The van der Waals surface area contributed by atoms with Crippen molar-refractivity contribution in [2.45, 2.75) is 6.92 Å². The third kappa shape index (κ3) is 3.77. The first-order valence-electron chi connectivity index (χ1n) is 6.52. The van der Waals surface area contributed by atoms with E-state index < -0.39 is 0 Å². The lowest BCUT2D eigenvalue weighted by atomic mass is 10.1. The molecule has 2 N–H and O–H groups in total. The number of hydrogen-bond donors (Lipinski definition) is 2. The van der Waals surface area contributed by atoms with Crippen molar-refractivity contribution in [2.24, 2.45) is 0 Å². The van der Waals surface area contributed by atoms with Gasteiger partial charge in [-0.3, -0.25) is 9.59 Å². The fourth-order valence-electron chi connectivity index (χ4n) is 1.91. The Bertz CT molecular complexity index is 702. The van der Waals surface area contributed by atoms with Gasteiger partial charge < -0.3 is 15.4 Å². The summed E-state index contributed by atoms with van der Waals surface area (Å²) in [5, 5.41) is 5.60. The van der Waals surface area contributed by atoms with Gasteiger partial charge in [0.15, 0.2) is 0 Å². The molecule has 0 bridgehead atoms. The van der Waals surface area contributed by atoms with E-state index in [4.69, 9.17) is 16.3 Å². The molecular weight excluding hydrogens is 304 g/mol. The summed E-state index contributed by atoms with van der Waals surface area (Å²) in [5.74, 6) is -0.286. The van der Waals surface area contributed by atoms with Gasteiger partial charge in [-0.1, -0.05) is 29.8 Å². The van der Waals surface area contributed by atoms with E-state index in [1.807, 2.05) is 18.2 Å². The summed E-state index contributed by atoms with van der Waals surface area (Å²) >= 11 is 6.10. The summed E-state index contributed by atoms with van der Waals surface area (Å²) in [6, 6.07) is 12.0. The van der Waals surface area contributed by atoms with E-state index in [0.717, 1.165) is 0 Å². The van der Waals surface area contributed by atoms with Crippen LogP contribution in [0.25, 0.3) is 0 Å². The zero-order chi connectivity index (χ0) is 16.1. The van der Waals surface area contributed by atoms with Crippen LogP contribution in [0.4, 0.5) is 11.4 Å². The molecule has 0 aliphatic heterocycles. The third-order valence-electron chi connectivity index (χ3n) is 2.88. The van der Waals surface area contributed by atoms with Gasteiger partial charge >= 0.3 is 0 Å². The number of nitrogens with one attached hydrogen (secondary N) is 2. The van der Waals surface area contributed by atoms with E-state index >= 15 is 0 Å². The number of halogens is 1. The highest BCUT2D eigenvalue weighted by molar-refractivity contribution is 6.34.